The molecule has 6 nitrogen and oxygen atoms in total. The Morgan fingerprint density at radius 1 is 1.24 bits per heavy atom. The molecule has 8 heteroatoms. The number of nitrogens with two attached hydrogens (primary N) is 1. The second-order valence-electron chi connectivity index (χ2n) is 3.63. The van der Waals surface area contributed by atoms with Crippen molar-refractivity contribution in [2.75, 3.05) is 16.9 Å². The highest BCUT2D eigenvalue weighted by Crippen LogP contribution is 2.20. The summed E-state index contributed by atoms with van der Waals surface area (Å²) in [7, 11) is -6.86. The molecule has 0 bridgehead atoms. The predicted molar refractivity (Wildman–Crippen MR) is 65.9 cm³/mol. The normalized spacial score (nSPS) is 12.4. The molecule has 0 atom stereocenters. The van der Waals surface area contributed by atoms with Gasteiger partial charge in [-0.15, -0.1) is 0 Å². The summed E-state index contributed by atoms with van der Waals surface area (Å²) in [6.45, 7) is 1.61. The Bertz CT molecular complexity index is 620. The number of anilines is 1. The third-order valence-corrected chi connectivity index (χ3v) is 4.07. The molecule has 0 aromatic heterocycles. The molecule has 0 amide bonds. The standard InChI is InChI=1S/C9H14N2O4S2/c1-7-5-8(17(14,15)6-10)3-4-9(7)11-16(2,12)13/h3-5,11H,6,10H2,1-2H3. The van der Waals surface area contributed by atoms with Crippen molar-refractivity contribution in [2.45, 2.75) is 11.8 Å². The van der Waals surface area contributed by atoms with Crippen molar-refractivity contribution in [1.82, 2.24) is 0 Å². The van der Waals surface area contributed by atoms with Crippen LogP contribution in [0.2, 0.25) is 0 Å². The van der Waals surface area contributed by atoms with Gasteiger partial charge in [0.1, 0.15) is 5.88 Å². The molecule has 17 heavy (non-hydrogen) atoms. The van der Waals surface area contributed by atoms with Crippen LogP contribution in [-0.4, -0.2) is 29.0 Å². The molecule has 0 fully saturated rings. The zero-order valence-electron chi connectivity index (χ0n) is 9.47. The summed E-state index contributed by atoms with van der Waals surface area (Å²) in [4.78, 5) is 0.0801. The second-order valence-corrected chi connectivity index (χ2v) is 7.42. The minimum atomic E-state index is -3.48. The molecule has 3 N–H and O–H groups in total. The number of hydrogen-bond donors (Lipinski definition) is 2. The molecule has 0 aliphatic rings. The van der Waals surface area contributed by atoms with E-state index in [0.717, 1.165) is 6.26 Å². The number of benzene rings is 1. The quantitative estimate of drug-likeness (QED) is 0.809. The summed E-state index contributed by atoms with van der Waals surface area (Å²) >= 11 is 0. The van der Waals surface area contributed by atoms with Crippen molar-refractivity contribution in [3.8, 4) is 0 Å². The van der Waals surface area contributed by atoms with Gasteiger partial charge in [-0.3, -0.25) is 4.72 Å². The van der Waals surface area contributed by atoms with E-state index in [1.165, 1.54) is 18.2 Å². The van der Waals surface area contributed by atoms with Gasteiger partial charge in [0.15, 0.2) is 9.84 Å². The van der Waals surface area contributed by atoms with Gasteiger partial charge in [0.2, 0.25) is 10.0 Å². The van der Waals surface area contributed by atoms with Crippen LogP contribution >= 0.6 is 0 Å². The minimum Gasteiger partial charge on any atom is -0.317 e. The van der Waals surface area contributed by atoms with Crippen LogP contribution in [0.4, 0.5) is 5.69 Å². The first-order valence-corrected chi connectivity index (χ1v) is 8.21. The third kappa shape index (κ3) is 3.69. The van der Waals surface area contributed by atoms with E-state index in [2.05, 4.69) is 4.72 Å². The number of sulfone groups is 1. The molecule has 1 rings (SSSR count). The van der Waals surface area contributed by atoms with Crippen molar-refractivity contribution in [2.24, 2.45) is 5.73 Å². The van der Waals surface area contributed by atoms with Crippen molar-refractivity contribution < 1.29 is 16.8 Å². The lowest BCUT2D eigenvalue weighted by Crippen LogP contribution is -2.15. The van der Waals surface area contributed by atoms with Crippen molar-refractivity contribution in [3.63, 3.8) is 0 Å². The molecule has 0 spiro atoms. The van der Waals surface area contributed by atoms with Crippen molar-refractivity contribution in [1.29, 1.82) is 0 Å². The van der Waals surface area contributed by atoms with Crippen LogP contribution in [0.25, 0.3) is 0 Å². The molecular formula is C9H14N2O4S2. The maximum atomic E-state index is 11.5. The molecule has 96 valence electrons. The smallest absolute Gasteiger partial charge is 0.229 e. The van der Waals surface area contributed by atoms with Gasteiger partial charge in [-0.1, -0.05) is 0 Å². The molecule has 0 aliphatic carbocycles. The maximum absolute atomic E-state index is 11.5. The first-order valence-electron chi connectivity index (χ1n) is 4.67. The van der Waals surface area contributed by atoms with E-state index in [1.54, 1.807) is 6.92 Å². The number of aryl methyl sites for hydroxylation is 1. The Balaban J connectivity index is 3.20. The summed E-state index contributed by atoms with van der Waals surface area (Å²) in [6.07, 6.45) is 1.02. The van der Waals surface area contributed by atoms with Crippen LogP contribution in [0.5, 0.6) is 0 Å². The Kier molecular flexibility index (Phi) is 3.80. The lowest BCUT2D eigenvalue weighted by atomic mass is 10.2. The average Bonchev–Trinajstić information content (AvgIpc) is 2.19. The van der Waals surface area contributed by atoms with Gasteiger partial charge in [-0.05, 0) is 30.7 Å². The van der Waals surface area contributed by atoms with Crippen LogP contribution in [0.1, 0.15) is 5.56 Å². The van der Waals surface area contributed by atoms with Crippen LogP contribution < -0.4 is 10.5 Å². The molecule has 0 saturated heterocycles. The summed E-state index contributed by atoms with van der Waals surface area (Å²) in [5.74, 6) is -0.481. The van der Waals surface area contributed by atoms with Crippen molar-refractivity contribution in [3.05, 3.63) is 23.8 Å². The zero-order valence-corrected chi connectivity index (χ0v) is 11.1. The second kappa shape index (κ2) is 4.63. The number of sulfonamides is 1. The molecule has 0 heterocycles. The lowest BCUT2D eigenvalue weighted by molar-refractivity contribution is 0.596. The van der Waals surface area contributed by atoms with Crippen LogP contribution in [0, 0.1) is 6.92 Å². The fourth-order valence-electron chi connectivity index (χ4n) is 1.24. The number of hydrogen-bond acceptors (Lipinski definition) is 5. The summed E-state index contributed by atoms with van der Waals surface area (Å²) in [6, 6.07) is 4.11. The van der Waals surface area contributed by atoms with Gasteiger partial charge in [0.05, 0.1) is 16.8 Å². The van der Waals surface area contributed by atoms with E-state index in [-0.39, 0.29) is 4.90 Å². The van der Waals surface area contributed by atoms with Gasteiger partial charge < -0.3 is 5.73 Å². The fraction of sp³-hybridized carbons (Fsp3) is 0.333. The summed E-state index contributed by atoms with van der Waals surface area (Å²) in [5, 5.41) is 0. The highest BCUT2D eigenvalue weighted by Gasteiger charge is 2.14. The van der Waals surface area contributed by atoms with E-state index in [4.69, 9.17) is 5.73 Å². The largest absolute Gasteiger partial charge is 0.317 e. The third-order valence-electron chi connectivity index (χ3n) is 2.07. The minimum absolute atomic E-state index is 0.0801. The zero-order chi connectivity index (χ0) is 13.3. The average molecular weight is 278 g/mol. The fourth-order valence-corrected chi connectivity index (χ4v) is 2.69. The van der Waals surface area contributed by atoms with Gasteiger partial charge in [0, 0.05) is 0 Å². The predicted octanol–water partition coefficient (Wildman–Crippen LogP) is 0.0564. The molecule has 1 aromatic carbocycles. The van der Waals surface area contributed by atoms with E-state index < -0.39 is 25.7 Å². The molecule has 0 unspecified atom stereocenters. The van der Waals surface area contributed by atoms with E-state index in [0.29, 0.717) is 11.3 Å². The Morgan fingerprint density at radius 2 is 1.82 bits per heavy atom. The van der Waals surface area contributed by atoms with Crippen LogP contribution in [-0.2, 0) is 19.9 Å². The number of nitrogens with one attached hydrogen (secondary N) is 1. The first-order chi connectivity index (χ1) is 7.65. The first kappa shape index (κ1) is 13.9. The van der Waals surface area contributed by atoms with E-state index in [1.807, 2.05) is 0 Å². The van der Waals surface area contributed by atoms with Gasteiger partial charge >= 0.3 is 0 Å². The van der Waals surface area contributed by atoms with E-state index >= 15 is 0 Å². The topological polar surface area (TPSA) is 106 Å². The maximum Gasteiger partial charge on any atom is 0.229 e. The molecule has 1 aromatic rings. The van der Waals surface area contributed by atoms with Gasteiger partial charge in [-0.2, -0.15) is 0 Å². The Labute approximate surface area is 101 Å². The summed E-state index contributed by atoms with van der Waals surface area (Å²) in [5.41, 5.74) is 6.00. The van der Waals surface area contributed by atoms with Crippen LogP contribution in [0.15, 0.2) is 23.1 Å². The molecule has 0 radical (unpaired) electrons. The Morgan fingerprint density at radius 3 is 2.24 bits per heavy atom. The van der Waals surface area contributed by atoms with E-state index in [9.17, 15) is 16.8 Å². The molecule has 0 saturated carbocycles. The number of rotatable bonds is 4. The molecular weight excluding hydrogens is 264 g/mol. The Hall–Kier alpha value is -1.12. The monoisotopic (exact) mass is 278 g/mol. The highest BCUT2D eigenvalue weighted by molar-refractivity contribution is 7.92. The van der Waals surface area contributed by atoms with Gasteiger partial charge in [0.25, 0.3) is 0 Å². The van der Waals surface area contributed by atoms with Crippen molar-refractivity contribution >= 4 is 25.5 Å². The lowest BCUT2D eigenvalue weighted by Gasteiger charge is -2.09. The van der Waals surface area contributed by atoms with Crippen LogP contribution in [0.3, 0.4) is 0 Å². The van der Waals surface area contributed by atoms with Gasteiger partial charge in [-0.25, -0.2) is 16.8 Å². The summed E-state index contributed by atoms with van der Waals surface area (Å²) < 4.78 is 47.3. The SMILES string of the molecule is Cc1cc(S(=O)(=O)CN)ccc1NS(C)(=O)=O. The molecule has 0 aliphatic heterocycles. The highest BCUT2D eigenvalue weighted by atomic mass is 32.2.